The molecule has 0 bridgehead atoms. The van der Waals surface area contributed by atoms with E-state index in [1.165, 1.54) is 22.5 Å². The van der Waals surface area contributed by atoms with E-state index in [9.17, 15) is 18.5 Å². The fraction of sp³-hybridized carbons (Fsp3) is 0.684. The van der Waals surface area contributed by atoms with E-state index in [0.717, 1.165) is 58.4 Å². The minimum Gasteiger partial charge on any atom is -0.378 e. The second kappa shape index (κ2) is 9.84. The monoisotopic (exact) mass is 425 g/mol. The van der Waals surface area contributed by atoms with Gasteiger partial charge in [-0.15, -0.1) is 0 Å². The van der Waals surface area contributed by atoms with E-state index in [1.54, 1.807) is 0 Å². The molecule has 2 fully saturated rings. The predicted molar refractivity (Wildman–Crippen MR) is 113 cm³/mol. The minimum atomic E-state index is -3.71. The van der Waals surface area contributed by atoms with Gasteiger partial charge in [0.05, 0.1) is 9.82 Å². The summed E-state index contributed by atoms with van der Waals surface area (Å²) in [6.45, 7) is 6.30. The molecule has 0 atom stereocenters. The number of likely N-dealkylation sites (N-methyl/N-ethyl adjacent to an activating group) is 1. The average molecular weight is 426 g/mol. The Morgan fingerprint density at radius 3 is 2.31 bits per heavy atom. The standard InChI is InChI=1S/C19H31N5O4S/c1-21-12-14-22(15-13-21)11-8-20-18-7-6-17(16-19(18)24(25)26)29(27,28)23-9-4-2-3-5-10-23/h6-7,16,20H,2-5,8-15H2,1H3. The van der Waals surface area contributed by atoms with Crippen molar-refractivity contribution in [3.63, 3.8) is 0 Å². The second-order valence-electron chi connectivity index (χ2n) is 7.83. The fourth-order valence-electron chi connectivity index (χ4n) is 3.82. The fourth-order valence-corrected chi connectivity index (χ4v) is 5.36. The van der Waals surface area contributed by atoms with Crippen LogP contribution < -0.4 is 5.32 Å². The normalized spacial score (nSPS) is 20.3. The van der Waals surface area contributed by atoms with E-state index in [-0.39, 0.29) is 10.6 Å². The van der Waals surface area contributed by atoms with Crippen LogP contribution in [0, 0.1) is 10.1 Å². The van der Waals surface area contributed by atoms with Gasteiger partial charge in [-0.3, -0.25) is 15.0 Å². The molecule has 10 heteroatoms. The van der Waals surface area contributed by atoms with Crippen molar-refractivity contribution in [2.75, 3.05) is 64.7 Å². The summed E-state index contributed by atoms with van der Waals surface area (Å²) in [6, 6.07) is 4.19. The number of nitrogens with zero attached hydrogens (tertiary/aromatic N) is 4. The van der Waals surface area contributed by atoms with Crippen LogP contribution in [-0.2, 0) is 10.0 Å². The third kappa shape index (κ3) is 5.65. The van der Waals surface area contributed by atoms with Crippen LogP contribution in [0.2, 0.25) is 0 Å². The van der Waals surface area contributed by atoms with Gasteiger partial charge in [0.15, 0.2) is 0 Å². The van der Waals surface area contributed by atoms with Crippen LogP contribution >= 0.6 is 0 Å². The molecule has 2 saturated heterocycles. The topological polar surface area (TPSA) is 99.0 Å². The van der Waals surface area contributed by atoms with E-state index in [2.05, 4.69) is 22.2 Å². The molecule has 2 heterocycles. The summed E-state index contributed by atoms with van der Waals surface area (Å²) >= 11 is 0. The number of sulfonamides is 1. The summed E-state index contributed by atoms with van der Waals surface area (Å²) in [6.07, 6.45) is 3.69. The Balaban J connectivity index is 1.69. The van der Waals surface area contributed by atoms with Crippen molar-refractivity contribution < 1.29 is 13.3 Å². The largest absolute Gasteiger partial charge is 0.378 e. The Labute approximate surface area is 172 Å². The molecule has 1 aromatic rings. The number of hydrogen-bond acceptors (Lipinski definition) is 7. The molecule has 9 nitrogen and oxygen atoms in total. The first kappa shape index (κ1) is 21.9. The van der Waals surface area contributed by atoms with Gasteiger partial charge in [-0.1, -0.05) is 12.8 Å². The highest BCUT2D eigenvalue weighted by molar-refractivity contribution is 7.89. The SMILES string of the molecule is CN1CCN(CCNc2ccc(S(=O)(=O)N3CCCCCC3)cc2[N+](=O)[O-])CC1. The summed E-state index contributed by atoms with van der Waals surface area (Å²) in [7, 11) is -1.62. The second-order valence-corrected chi connectivity index (χ2v) is 9.76. The molecule has 3 rings (SSSR count). The maximum atomic E-state index is 12.9. The Morgan fingerprint density at radius 2 is 1.69 bits per heavy atom. The Morgan fingerprint density at radius 1 is 1.03 bits per heavy atom. The molecule has 0 aliphatic carbocycles. The molecule has 0 unspecified atom stereocenters. The third-order valence-corrected chi connectivity index (χ3v) is 7.60. The lowest BCUT2D eigenvalue weighted by atomic mass is 10.2. The van der Waals surface area contributed by atoms with Crippen LogP contribution in [0.5, 0.6) is 0 Å². The lowest BCUT2D eigenvalue weighted by molar-refractivity contribution is -0.384. The summed E-state index contributed by atoms with van der Waals surface area (Å²) < 4.78 is 27.3. The lowest BCUT2D eigenvalue weighted by Gasteiger charge is -2.32. The lowest BCUT2D eigenvalue weighted by Crippen LogP contribution is -2.45. The van der Waals surface area contributed by atoms with Crippen molar-refractivity contribution in [3.05, 3.63) is 28.3 Å². The number of nitro benzene ring substituents is 1. The van der Waals surface area contributed by atoms with Gasteiger partial charge in [-0.25, -0.2) is 8.42 Å². The van der Waals surface area contributed by atoms with E-state index in [0.29, 0.717) is 25.3 Å². The van der Waals surface area contributed by atoms with Gasteiger partial charge >= 0.3 is 0 Å². The Hall–Kier alpha value is -1.75. The smallest absolute Gasteiger partial charge is 0.293 e. The highest BCUT2D eigenvalue weighted by Crippen LogP contribution is 2.29. The molecule has 1 N–H and O–H groups in total. The summed E-state index contributed by atoms with van der Waals surface area (Å²) in [5.41, 5.74) is 0.165. The average Bonchev–Trinajstić information content (AvgIpc) is 2.99. The van der Waals surface area contributed by atoms with Gasteiger partial charge < -0.3 is 10.2 Å². The third-order valence-electron chi connectivity index (χ3n) is 5.71. The summed E-state index contributed by atoms with van der Waals surface area (Å²) in [5, 5.41) is 14.7. The van der Waals surface area contributed by atoms with Crippen LogP contribution in [0.4, 0.5) is 11.4 Å². The molecule has 162 valence electrons. The Bertz CT molecular complexity index is 801. The molecular formula is C19H31N5O4S. The van der Waals surface area contributed by atoms with Crippen molar-refractivity contribution in [2.24, 2.45) is 0 Å². The highest BCUT2D eigenvalue weighted by atomic mass is 32.2. The Kier molecular flexibility index (Phi) is 7.44. The minimum absolute atomic E-state index is 0.00397. The number of anilines is 1. The van der Waals surface area contributed by atoms with Crippen molar-refractivity contribution in [3.8, 4) is 0 Å². The van der Waals surface area contributed by atoms with Crippen LogP contribution in [0.1, 0.15) is 25.7 Å². The van der Waals surface area contributed by atoms with Crippen LogP contribution in [0.25, 0.3) is 0 Å². The van der Waals surface area contributed by atoms with Crippen LogP contribution in [-0.4, -0.2) is 86.9 Å². The van der Waals surface area contributed by atoms with Crippen molar-refractivity contribution >= 4 is 21.4 Å². The van der Waals surface area contributed by atoms with Crippen molar-refractivity contribution in [1.82, 2.24) is 14.1 Å². The van der Waals surface area contributed by atoms with E-state index in [4.69, 9.17) is 0 Å². The molecule has 0 radical (unpaired) electrons. The first-order valence-corrected chi connectivity index (χ1v) is 11.8. The number of nitro groups is 1. The summed E-state index contributed by atoms with van der Waals surface area (Å²) in [5.74, 6) is 0. The van der Waals surface area contributed by atoms with Crippen molar-refractivity contribution in [1.29, 1.82) is 0 Å². The van der Waals surface area contributed by atoms with Gasteiger partial charge in [0.25, 0.3) is 5.69 Å². The molecule has 0 saturated carbocycles. The van der Waals surface area contributed by atoms with E-state index < -0.39 is 14.9 Å². The first-order valence-electron chi connectivity index (χ1n) is 10.3. The van der Waals surface area contributed by atoms with Gasteiger partial charge in [0.1, 0.15) is 5.69 Å². The van der Waals surface area contributed by atoms with Gasteiger partial charge in [0.2, 0.25) is 10.0 Å². The molecule has 29 heavy (non-hydrogen) atoms. The van der Waals surface area contributed by atoms with Crippen LogP contribution in [0.15, 0.2) is 23.1 Å². The number of piperazine rings is 1. The molecule has 0 aromatic heterocycles. The van der Waals surface area contributed by atoms with Gasteiger partial charge in [-0.2, -0.15) is 4.31 Å². The number of hydrogen-bond donors (Lipinski definition) is 1. The highest BCUT2D eigenvalue weighted by Gasteiger charge is 2.28. The molecule has 2 aliphatic heterocycles. The predicted octanol–water partition coefficient (Wildman–Crippen LogP) is 1.82. The van der Waals surface area contributed by atoms with Gasteiger partial charge in [0, 0.05) is 58.4 Å². The zero-order valence-electron chi connectivity index (χ0n) is 17.0. The molecule has 1 aromatic carbocycles. The molecular weight excluding hydrogens is 394 g/mol. The van der Waals surface area contributed by atoms with Crippen LogP contribution in [0.3, 0.4) is 0 Å². The van der Waals surface area contributed by atoms with Gasteiger partial charge in [-0.05, 0) is 32.0 Å². The van der Waals surface area contributed by atoms with E-state index >= 15 is 0 Å². The molecule has 2 aliphatic rings. The van der Waals surface area contributed by atoms with E-state index in [1.807, 2.05) is 0 Å². The van der Waals surface area contributed by atoms with Crippen molar-refractivity contribution in [2.45, 2.75) is 30.6 Å². The number of rotatable bonds is 7. The summed E-state index contributed by atoms with van der Waals surface area (Å²) in [4.78, 5) is 15.6. The first-order chi connectivity index (χ1) is 13.9. The maximum Gasteiger partial charge on any atom is 0.293 e. The quantitative estimate of drug-likeness (QED) is 0.525. The molecule has 0 spiro atoms. The number of benzene rings is 1. The molecule has 0 amide bonds. The maximum absolute atomic E-state index is 12.9. The zero-order valence-corrected chi connectivity index (χ0v) is 17.9. The zero-order chi connectivity index (χ0) is 20.9. The number of nitrogens with one attached hydrogen (secondary N) is 1.